The molecule has 1 aliphatic carbocycles. The molecule has 210 valence electrons. The van der Waals surface area contributed by atoms with Crippen LogP contribution in [0, 0.1) is 5.92 Å². The van der Waals surface area contributed by atoms with Crippen molar-refractivity contribution in [2.24, 2.45) is 5.92 Å². The largest absolute Gasteiger partial charge is 0.444 e. The van der Waals surface area contributed by atoms with Crippen molar-refractivity contribution >= 4 is 29.6 Å². The van der Waals surface area contributed by atoms with Crippen LogP contribution < -0.4 is 10.6 Å². The molecule has 2 fully saturated rings. The van der Waals surface area contributed by atoms with Crippen molar-refractivity contribution in [3.8, 4) is 0 Å². The number of likely N-dealkylation sites (tertiary alicyclic amines) is 1. The highest BCUT2D eigenvalue weighted by Crippen LogP contribution is 2.32. The molecular formula is C28H35FN4O6. The minimum Gasteiger partial charge on any atom is -0.444 e. The van der Waals surface area contributed by atoms with Crippen molar-refractivity contribution in [3.05, 3.63) is 53.4 Å². The molecule has 11 heteroatoms. The predicted octanol–water partition coefficient (Wildman–Crippen LogP) is 3.14. The standard InChI is InChI=1S/C28H35FN4O6/c1-17(34)30-13-22-16-33(27(37)38-22)21-9-10-23(24(29)11-21)19-7-5-18(6-8-19)12-31-25(35)20-14-32(15-20)26(36)39-28(2,3)4/h5-10,20-22H,11-16H2,1-4H3,(H,30,34)(H,31,35)/t21?,22-/m0/s1. The Labute approximate surface area is 227 Å². The van der Waals surface area contributed by atoms with Crippen LogP contribution in [0.3, 0.4) is 0 Å². The lowest BCUT2D eigenvalue weighted by molar-refractivity contribution is -0.129. The van der Waals surface area contributed by atoms with Crippen LogP contribution in [0.2, 0.25) is 0 Å². The van der Waals surface area contributed by atoms with E-state index in [1.165, 1.54) is 16.7 Å². The van der Waals surface area contributed by atoms with Gasteiger partial charge >= 0.3 is 12.2 Å². The van der Waals surface area contributed by atoms with Gasteiger partial charge in [0.1, 0.15) is 17.5 Å². The number of hydrogen-bond donors (Lipinski definition) is 2. The van der Waals surface area contributed by atoms with Gasteiger partial charge in [-0.05, 0) is 31.9 Å². The summed E-state index contributed by atoms with van der Waals surface area (Å²) in [6.45, 7) is 8.24. The van der Waals surface area contributed by atoms with Gasteiger partial charge in [-0.2, -0.15) is 0 Å². The maximum absolute atomic E-state index is 15.1. The average molecular weight is 543 g/mol. The van der Waals surface area contributed by atoms with Crippen molar-refractivity contribution in [2.45, 2.75) is 58.4 Å². The van der Waals surface area contributed by atoms with E-state index in [2.05, 4.69) is 10.6 Å². The third-order valence-corrected chi connectivity index (χ3v) is 6.68. The molecule has 2 N–H and O–H groups in total. The summed E-state index contributed by atoms with van der Waals surface area (Å²) in [5.74, 6) is -0.946. The van der Waals surface area contributed by atoms with Crippen LogP contribution in [0.1, 0.15) is 45.2 Å². The van der Waals surface area contributed by atoms with E-state index in [1.54, 1.807) is 45.1 Å². The maximum atomic E-state index is 15.1. The van der Waals surface area contributed by atoms with Crippen molar-refractivity contribution in [2.75, 3.05) is 26.2 Å². The molecule has 1 aromatic carbocycles. The molecule has 10 nitrogen and oxygen atoms in total. The third kappa shape index (κ3) is 7.15. The Balaban J connectivity index is 1.25. The van der Waals surface area contributed by atoms with E-state index in [-0.39, 0.29) is 43.1 Å². The molecule has 4 amide bonds. The number of carbonyl (C=O) groups is 4. The fraction of sp³-hybridized carbons (Fsp3) is 0.500. The highest BCUT2D eigenvalue weighted by Gasteiger charge is 2.38. The average Bonchev–Trinajstić information content (AvgIpc) is 3.20. The number of nitrogens with zero attached hydrogens (tertiary/aromatic N) is 2. The van der Waals surface area contributed by atoms with E-state index in [9.17, 15) is 19.2 Å². The van der Waals surface area contributed by atoms with E-state index in [0.717, 1.165) is 5.56 Å². The van der Waals surface area contributed by atoms with Crippen LogP contribution in [-0.4, -0.2) is 77.7 Å². The van der Waals surface area contributed by atoms with Gasteiger partial charge < -0.3 is 25.0 Å². The van der Waals surface area contributed by atoms with Gasteiger partial charge in [-0.25, -0.2) is 14.0 Å². The smallest absolute Gasteiger partial charge is 0.410 e. The molecule has 0 aromatic heterocycles. The Morgan fingerprint density at radius 1 is 1.10 bits per heavy atom. The van der Waals surface area contributed by atoms with Gasteiger partial charge in [-0.3, -0.25) is 14.5 Å². The Hall–Kier alpha value is -3.89. The topological polar surface area (TPSA) is 117 Å². The highest BCUT2D eigenvalue weighted by atomic mass is 19.1. The molecule has 2 atom stereocenters. The SMILES string of the molecule is CC(=O)NC[C@H]1CN(C2C=CC(c3ccc(CNC(=O)C4CN(C(=O)OC(C)(C)C)C4)cc3)=C(F)C2)C(=O)O1. The molecular weight excluding hydrogens is 507 g/mol. The predicted molar refractivity (Wildman–Crippen MR) is 141 cm³/mol. The van der Waals surface area contributed by atoms with Crippen molar-refractivity contribution in [1.29, 1.82) is 0 Å². The Bertz CT molecular complexity index is 1180. The van der Waals surface area contributed by atoms with Crippen molar-refractivity contribution in [3.63, 3.8) is 0 Å². The number of carbonyl (C=O) groups excluding carboxylic acids is 4. The normalized spacial score (nSPS) is 21.4. The number of rotatable bonds is 7. The summed E-state index contributed by atoms with van der Waals surface area (Å²) >= 11 is 0. The second-order valence-electron chi connectivity index (χ2n) is 11.0. The zero-order valence-electron chi connectivity index (χ0n) is 22.7. The van der Waals surface area contributed by atoms with E-state index in [1.807, 2.05) is 12.1 Å². The van der Waals surface area contributed by atoms with Crippen LogP contribution >= 0.6 is 0 Å². The second kappa shape index (κ2) is 11.5. The first kappa shape index (κ1) is 28.1. The van der Waals surface area contributed by atoms with E-state index in [4.69, 9.17) is 9.47 Å². The number of nitrogens with one attached hydrogen (secondary N) is 2. The summed E-state index contributed by atoms with van der Waals surface area (Å²) in [5.41, 5.74) is 1.42. The van der Waals surface area contributed by atoms with Crippen LogP contribution in [0.5, 0.6) is 0 Å². The lowest BCUT2D eigenvalue weighted by Crippen LogP contribution is -2.56. The molecule has 2 saturated heterocycles. The number of ether oxygens (including phenoxy) is 2. The van der Waals surface area contributed by atoms with Gasteiger partial charge in [-0.1, -0.05) is 36.4 Å². The number of cyclic esters (lactones) is 1. The lowest BCUT2D eigenvalue weighted by atomic mass is 9.94. The third-order valence-electron chi connectivity index (χ3n) is 6.68. The number of hydrogen-bond acceptors (Lipinski definition) is 6. The van der Waals surface area contributed by atoms with Gasteiger partial charge in [0.2, 0.25) is 11.8 Å². The summed E-state index contributed by atoms with van der Waals surface area (Å²) in [6, 6.07) is 6.78. The molecule has 0 radical (unpaired) electrons. The summed E-state index contributed by atoms with van der Waals surface area (Å²) < 4.78 is 25.7. The summed E-state index contributed by atoms with van der Waals surface area (Å²) in [6.07, 6.45) is 2.08. The molecule has 1 unspecified atom stereocenters. The Kier molecular flexibility index (Phi) is 8.27. The molecule has 0 bridgehead atoms. The van der Waals surface area contributed by atoms with Crippen LogP contribution in [0.4, 0.5) is 14.0 Å². The molecule has 0 saturated carbocycles. The summed E-state index contributed by atoms with van der Waals surface area (Å²) in [7, 11) is 0. The maximum Gasteiger partial charge on any atom is 0.410 e. The van der Waals surface area contributed by atoms with Crippen LogP contribution in [0.25, 0.3) is 5.57 Å². The van der Waals surface area contributed by atoms with Crippen molar-refractivity contribution in [1.82, 2.24) is 20.4 Å². The number of amides is 4. The van der Waals surface area contributed by atoms with Gasteiger partial charge in [0.25, 0.3) is 0 Å². The van der Waals surface area contributed by atoms with Crippen LogP contribution in [0.15, 0.2) is 42.2 Å². The quantitative estimate of drug-likeness (QED) is 0.547. The summed E-state index contributed by atoms with van der Waals surface area (Å²) in [5, 5.41) is 5.51. The molecule has 2 heterocycles. The van der Waals surface area contributed by atoms with Gasteiger partial charge in [-0.15, -0.1) is 0 Å². The lowest BCUT2D eigenvalue weighted by Gasteiger charge is -2.38. The van der Waals surface area contributed by atoms with Crippen LogP contribution in [-0.2, 0) is 25.6 Å². The zero-order chi connectivity index (χ0) is 28.3. The fourth-order valence-corrected chi connectivity index (χ4v) is 4.56. The van der Waals surface area contributed by atoms with Crippen molar-refractivity contribution < 1.29 is 33.0 Å². The van der Waals surface area contributed by atoms with E-state index >= 15 is 4.39 Å². The number of benzene rings is 1. The minimum atomic E-state index is -0.578. The first-order valence-electron chi connectivity index (χ1n) is 13.0. The number of allylic oxidation sites excluding steroid dienone is 2. The first-order valence-corrected chi connectivity index (χ1v) is 13.0. The Morgan fingerprint density at radius 3 is 2.41 bits per heavy atom. The van der Waals surface area contributed by atoms with Gasteiger partial charge in [0, 0.05) is 38.6 Å². The Morgan fingerprint density at radius 2 is 1.79 bits per heavy atom. The molecule has 3 aliphatic rings. The van der Waals surface area contributed by atoms with Gasteiger partial charge in [0.15, 0.2) is 0 Å². The second-order valence-corrected chi connectivity index (χ2v) is 11.0. The zero-order valence-corrected chi connectivity index (χ0v) is 22.7. The first-order chi connectivity index (χ1) is 18.4. The fourth-order valence-electron chi connectivity index (χ4n) is 4.56. The molecule has 2 aliphatic heterocycles. The molecule has 39 heavy (non-hydrogen) atoms. The van der Waals surface area contributed by atoms with E-state index in [0.29, 0.717) is 30.8 Å². The highest BCUT2D eigenvalue weighted by molar-refractivity contribution is 5.83. The number of halogens is 1. The molecule has 4 rings (SSSR count). The minimum absolute atomic E-state index is 0.0350. The monoisotopic (exact) mass is 542 g/mol. The molecule has 0 spiro atoms. The van der Waals surface area contributed by atoms with E-state index < -0.39 is 29.9 Å². The molecule has 1 aromatic rings. The van der Waals surface area contributed by atoms with Gasteiger partial charge in [0.05, 0.1) is 25.0 Å². The summed E-state index contributed by atoms with van der Waals surface area (Å²) in [4.78, 5) is 50.8.